The van der Waals surface area contributed by atoms with Gasteiger partial charge in [-0.05, 0) is 77.5 Å². The molecule has 1 aliphatic heterocycles. The fourth-order valence-corrected chi connectivity index (χ4v) is 4.16. The molecule has 1 aliphatic rings. The standard InChI is InChI=1S/C24H17Cl2NO4S/c1-30-21-12-16(4-11-20(21)31-14-15-2-5-17(25)6-3-15)13-22-23(28)27(24(29)32-22)19-9-7-18(26)8-10-19/h2-13H,14H2,1H3/b22-13-. The van der Waals surface area contributed by atoms with Crippen molar-refractivity contribution < 1.29 is 19.1 Å². The van der Waals surface area contributed by atoms with Crippen LogP contribution >= 0.6 is 35.0 Å². The van der Waals surface area contributed by atoms with E-state index in [1.165, 1.54) is 0 Å². The van der Waals surface area contributed by atoms with Gasteiger partial charge >= 0.3 is 0 Å². The van der Waals surface area contributed by atoms with Crippen molar-refractivity contribution in [2.45, 2.75) is 6.61 Å². The van der Waals surface area contributed by atoms with Crippen molar-refractivity contribution in [3.63, 3.8) is 0 Å². The Kier molecular flexibility index (Phi) is 6.74. The summed E-state index contributed by atoms with van der Waals surface area (Å²) in [5.41, 5.74) is 2.16. The molecular formula is C24H17Cl2NO4S. The van der Waals surface area contributed by atoms with Crippen molar-refractivity contribution in [1.29, 1.82) is 0 Å². The second kappa shape index (κ2) is 9.69. The van der Waals surface area contributed by atoms with E-state index >= 15 is 0 Å². The molecule has 1 heterocycles. The fraction of sp³-hybridized carbons (Fsp3) is 0.0833. The SMILES string of the molecule is COc1cc(/C=C2\SC(=O)N(c3ccc(Cl)cc3)C2=O)ccc1OCc1ccc(Cl)cc1. The van der Waals surface area contributed by atoms with Crippen LogP contribution in [0.2, 0.25) is 10.0 Å². The van der Waals surface area contributed by atoms with E-state index in [0.29, 0.717) is 44.3 Å². The first-order valence-electron chi connectivity index (χ1n) is 9.53. The van der Waals surface area contributed by atoms with E-state index in [4.69, 9.17) is 32.7 Å². The quantitative estimate of drug-likeness (QED) is 0.358. The predicted octanol–water partition coefficient (Wildman–Crippen LogP) is 6.82. The van der Waals surface area contributed by atoms with Crippen LogP contribution in [0, 0.1) is 0 Å². The van der Waals surface area contributed by atoms with E-state index in [-0.39, 0.29) is 11.1 Å². The van der Waals surface area contributed by atoms with Gasteiger partial charge in [0.05, 0.1) is 17.7 Å². The smallest absolute Gasteiger partial charge is 0.298 e. The monoisotopic (exact) mass is 485 g/mol. The van der Waals surface area contributed by atoms with Crippen molar-refractivity contribution in [2.75, 3.05) is 12.0 Å². The Morgan fingerprint density at radius 3 is 2.22 bits per heavy atom. The number of rotatable bonds is 6. The Balaban J connectivity index is 1.52. The zero-order chi connectivity index (χ0) is 22.7. The van der Waals surface area contributed by atoms with E-state index in [1.807, 2.05) is 12.1 Å². The normalized spacial score (nSPS) is 14.8. The lowest BCUT2D eigenvalue weighted by molar-refractivity contribution is -0.113. The van der Waals surface area contributed by atoms with Crippen LogP contribution in [0.25, 0.3) is 6.08 Å². The maximum Gasteiger partial charge on any atom is 0.298 e. The number of anilines is 1. The van der Waals surface area contributed by atoms with Crippen LogP contribution < -0.4 is 14.4 Å². The lowest BCUT2D eigenvalue weighted by Crippen LogP contribution is -2.27. The molecule has 8 heteroatoms. The van der Waals surface area contributed by atoms with Crippen LogP contribution in [0.5, 0.6) is 11.5 Å². The number of hydrogen-bond donors (Lipinski definition) is 0. The van der Waals surface area contributed by atoms with Gasteiger partial charge in [0, 0.05) is 10.0 Å². The first-order valence-corrected chi connectivity index (χ1v) is 11.1. The van der Waals surface area contributed by atoms with Crippen molar-refractivity contribution in [3.05, 3.63) is 92.8 Å². The molecule has 1 saturated heterocycles. The van der Waals surface area contributed by atoms with Crippen molar-refractivity contribution in [2.24, 2.45) is 0 Å². The minimum Gasteiger partial charge on any atom is -0.493 e. The summed E-state index contributed by atoms with van der Waals surface area (Å²) in [5, 5.41) is 0.830. The van der Waals surface area contributed by atoms with Crippen LogP contribution in [0.3, 0.4) is 0 Å². The molecule has 0 aliphatic carbocycles. The van der Waals surface area contributed by atoms with Gasteiger partial charge in [0.25, 0.3) is 11.1 Å². The molecule has 0 atom stereocenters. The summed E-state index contributed by atoms with van der Waals surface area (Å²) in [6.45, 7) is 0.354. The summed E-state index contributed by atoms with van der Waals surface area (Å²) in [4.78, 5) is 26.7. The first-order chi connectivity index (χ1) is 15.4. The summed E-state index contributed by atoms with van der Waals surface area (Å²) < 4.78 is 11.3. The van der Waals surface area contributed by atoms with Crippen LogP contribution in [0.15, 0.2) is 71.6 Å². The average Bonchev–Trinajstić information content (AvgIpc) is 3.07. The highest BCUT2D eigenvalue weighted by atomic mass is 35.5. The largest absolute Gasteiger partial charge is 0.493 e. The number of thioether (sulfide) groups is 1. The number of methoxy groups -OCH3 is 1. The van der Waals surface area contributed by atoms with E-state index in [2.05, 4.69) is 0 Å². The second-order valence-corrected chi connectivity index (χ2v) is 8.69. The molecule has 0 unspecified atom stereocenters. The summed E-state index contributed by atoms with van der Waals surface area (Å²) in [6, 6.07) is 19.3. The average molecular weight is 486 g/mol. The minimum absolute atomic E-state index is 0.321. The number of carbonyl (C=O) groups excluding carboxylic acids is 2. The minimum atomic E-state index is -0.385. The first kappa shape index (κ1) is 22.3. The fourth-order valence-electron chi connectivity index (χ4n) is 3.07. The molecule has 1 fully saturated rings. The number of benzene rings is 3. The van der Waals surface area contributed by atoms with Crippen molar-refractivity contribution >= 4 is 57.9 Å². The molecule has 32 heavy (non-hydrogen) atoms. The topological polar surface area (TPSA) is 55.8 Å². The number of amides is 2. The highest BCUT2D eigenvalue weighted by Crippen LogP contribution is 2.37. The number of imide groups is 1. The van der Waals surface area contributed by atoms with Gasteiger partial charge in [0.2, 0.25) is 0 Å². The molecular weight excluding hydrogens is 469 g/mol. The summed E-state index contributed by atoms with van der Waals surface area (Å²) in [7, 11) is 1.54. The molecule has 2 amide bonds. The number of hydrogen-bond acceptors (Lipinski definition) is 5. The van der Waals surface area contributed by atoms with Crippen LogP contribution in [-0.4, -0.2) is 18.3 Å². The van der Waals surface area contributed by atoms with Gasteiger partial charge < -0.3 is 9.47 Å². The van der Waals surface area contributed by atoms with Gasteiger partial charge in [-0.1, -0.05) is 41.4 Å². The molecule has 0 bridgehead atoms. The molecule has 0 saturated carbocycles. The molecule has 4 rings (SSSR count). The Morgan fingerprint density at radius 1 is 0.906 bits per heavy atom. The maximum absolute atomic E-state index is 12.8. The van der Waals surface area contributed by atoms with Crippen molar-refractivity contribution in [1.82, 2.24) is 0 Å². The third-order valence-corrected chi connectivity index (χ3v) is 6.05. The highest BCUT2D eigenvalue weighted by molar-refractivity contribution is 8.19. The van der Waals surface area contributed by atoms with Gasteiger partial charge in [0.1, 0.15) is 6.61 Å². The van der Waals surface area contributed by atoms with Crippen LogP contribution in [-0.2, 0) is 11.4 Å². The molecule has 0 spiro atoms. The molecule has 162 valence electrons. The molecule has 0 radical (unpaired) electrons. The Morgan fingerprint density at radius 2 is 1.56 bits per heavy atom. The predicted molar refractivity (Wildman–Crippen MR) is 129 cm³/mol. The molecule has 5 nitrogen and oxygen atoms in total. The molecule has 3 aromatic rings. The van der Waals surface area contributed by atoms with Crippen LogP contribution in [0.1, 0.15) is 11.1 Å². The molecule has 0 N–H and O–H groups in total. The Hall–Kier alpha value is -2.93. The number of halogens is 2. The maximum atomic E-state index is 12.8. The van der Waals surface area contributed by atoms with Gasteiger partial charge in [-0.2, -0.15) is 0 Å². The van der Waals surface area contributed by atoms with Gasteiger partial charge in [-0.3, -0.25) is 9.59 Å². The van der Waals surface area contributed by atoms with Gasteiger partial charge in [0.15, 0.2) is 11.5 Å². The van der Waals surface area contributed by atoms with Gasteiger partial charge in [-0.15, -0.1) is 0 Å². The Bertz CT molecular complexity index is 1190. The van der Waals surface area contributed by atoms with E-state index < -0.39 is 0 Å². The van der Waals surface area contributed by atoms with E-state index in [1.54, 1.807) is 67.8 Å². The zero-order valence-corrected chi connectivity index (χ0v) is 19.2. The van der Waals surface area contributed by atoms with Gasteiger partial charge in [-0.25, -0.2) is 4.90 Å². The van der Waals surface area contributed by atoms with Crippen molar-refractivity contribution in [3.8, 4) is 11.5 Å². The zero-order valence-electron chi connectivity index (χ0n) is 16.9. The second-order valence-electron chi connectivity index (χ2n) is 6.82. The molecule has 3 aromatic carbocycles. The highest BCUT2D eigenvalue weighted by Gasteiger charge is 2.36. The summed E-state index contributed by atoms with van der Waals surface area (Å²) in [6.07, 6.45) is 1.66. The van der Waals surface area contributed by atoms with E-state index in [0.717, 1.165) is 22.2 Å². The number of nitrogens with zero attached hydrogens (tertiary/aromatic N) is 1. The van der Waals surface area contributed by atoms with E-state index in [9.17, 15) is 9.59 Å². The third kappa shape index (κ3) is 4.93. The Labute approximate surface area is 199 Å². The lowest BCUT2D eigenvalue weighted by atomic mass is 10.1. The summed E-state index contributed by atoms with van der Waals surface area (Å²) >= 11 is 12.7. The summed E-state index contributed by atoms with van der Waals surface area (Å²) in [5.74, 6) is 0.697. The molecule has 0 aromatic heterocycles. The number of ether oxygens (including phenoxy) is 2. The third-order valence-electron chi connectivity index (χ3n) is 4.67. The number of carbonyl (C=O) groups is 2. The van der Waals surface area contributed by atoms with Crippen LogP contribution in [0.4, 0.5) is 10.5 Å². The lowest BCUT2D eigenvalue weighted by Gasteiger charge is -2.12.